The van der Waals surface area contributed by atoms with Crippen molar-refractivity contribution in [3.05, 3.63) is 47.1 Å². The van der Waals surface area contributed by atoms with E-state index in [-0.39, 0.29) is 0 Å². The van der Waals surface area contributed by atoms with E-state index in [1.165, 1.54) is 0 Å². The zero-order valence-corrected chi connectivity index (χ0v) is 11.2. The van der Waals surface area contributed by atoms with Crippen molar-refractivity contribution in [2.24, 2.45) is 0 Å². The minimum atomic E-state index is 0.481. The number of rotatable bonds is 1. The summed E-state index contributed by atoms with van der Waals surface area (Å²) in [6, 6.07) is 5.68. The first-order valence-corrected chi connectivity index (χ1v) is 6.75. The first kappa shape index (κ1) is 11.5. The van der Waals surface area contributed by atoms with Crippen LogP contribution in [0.4, 0.5) is 0 Å². The zero-order valence-electron chi connectivity index (χ0n) is 10.5. The number of fused-ring (bicyclic) bond motifs is 3. The van der Waals surface area contributed by atoms with Crippen molar-refractivity contribution >= 4 is 33.9 Å². The Hall–Kier alpha value is -2.27. The quantitative estimate of drug-likeness (QED) is 0.689. The van der Waals surface area contributed by atoms with Crippen LogP contribution in [0.5, 0.6) is 0 Å². The molecule has 0 N–H and O–H groups in total. The van der Waals surface area contributed by atoms with E-state index in [2.05, 4.69) is 38.7 Å². The molecule has 2 aromatic heterocycles. The molecule has 5 nitrogen and oxygen atoms in total. The molecular weight excluding hydrogens is 274 g/mol. The van der Waals surface area contributed by atoms with Crippen LogP contribution in [-0.2, 0) is 0 Å². The maximum absolute atomic E-state index is 6.09. The van der Waals surface area contributed by atoms with Gasteiger partial charge in [-0.3, -0.25) is 0 Å². The van der Waals surface area contributed by atoms with Crippen molar-refractivity contribution in [1.29, 1.82) is 0 Å². The highest BCUT2D eigenvalue weighted by Crippen LogP contribution is 2.28. The van der Waals surface area contributed by atoms with Gasteiger partial charge in [0.05, 0.1) is 11.2 Å². The topological polar surface area (TPSA) is 56.0 Å². The monoisotopic (exact) mass is 283 g/mol. The van der Waals surface area contributed by atoms with E-state index in [0.29, 0.717) is 10.8 Å². The molecule has 0 atom stereocenters. The lowest BCUT2D eigenvalue weighted by molar-refractivity contribution is 0.840. The van der Waals surface area contributed by atoms with Gasteiger partial charge in [-0.05, 0) is 47.0 Å². The molecule has 0 fully saturated rings. The molecule has 3 aromatic rings. The van der Waals surface area contributed by atoms with Crippen LogP contribution >= 0.6 is 11.6 Å². The fourth-order valence-corrected chi connectivity index (χ4v) is 2.62. The Bertz CT molecular complexity index is 878. The number of hydrogen-bond acceptors (Lipinski definition) is 4. The maximum Gasteiger partial charge on any atom is 0.274 e. The standard InChI is InChI=1S/C14H10ClN5/c15-10-6-7-11-12(8-10)20-14(17-18-19-20)16-13(11)9-4-2-1-3-5-9/h2,4-8H,1,3H2. The highest BCUT2D eigenvalue weighted by molar-refractivity contribution is 6.31. The van der Waals surface area contributed by atoms with Crippen LogP contribution in [0.15, 0.2) is 36.4 Å². The van der Waals surface area contributed by atoms with E-state index >= 15 is 0 Å². The number of nitrogens with zero attached hydrogens (tertiary/aromatic N) is 5. The Morgan fingerprint density at radius 3 is 3.00 bits per heavy atom. The molecule has 0 amide bonds. The molecule has 0 bridgehead atoms. The third-order valence-corrected chi connectivity index (χ3v) is 3.61. The van der Waals surface area contributed by atoms with Crippen LogP contribution in [0, 0.1) is 0 Å². The average Bonchev–Trinajstić information content (AvgIpc) is 2.96. The summed E-state index contributed by atoms with van der Waals surface area (Å²) in [5.41, 5.74) is 2.87. The fraction of sp³-hybridized carbons (Fsp3) is 0.143. The number of benzene rings is 1. The van der Waals surface area contributed by atoms with Gasteiger partial charge in [-0.15, -0.1) is 0 Å². The number of halogens is 1. The third-order valence-electron chi connectivity index (χ3n) is 3.38. The van der Waals surface area contributed by atoms with E-state index in [1.807, 2.05) is 18.2 Å². The van der Waals surface area contributed by atoms with E-state index in [4.69, 9.17) is 11.6 Å². The van der Waals surface area contributed by atoms with Gasteiger partial charge >= 0.3 is 0 Å². The van der Waals surface area contributed by atoms with E-state index in [9.17, 15) is 0 Å². The SMILES string of the molecule is Clc1ccc2c(C3=CCCC=C3)nc3nnnn3c2c1. The molecule has 0 saturated heterocycles. The molecule has 0 spiro atoms. The van der Waals surface area contributed by atoms with Crippen LogP contribution in [-0.4, -0.2) is 25.0 Å². The van der Waals surface area contributed by atoms with E-state index < -0.39 is 0 Å². The van der Waals surface area contributed by atoms with Crippen molar-refractivity contribution in [3.8, 4) is 0 Å². The molecule has 1 aliphatic rings. The van der Waals surface area contributed by atoms with Gasteiger partial charge in [-0.1, -0.05) is 34.9 Å². The van der Waals surface area contributed by atoms with Gasteiger partial charge in [0, 0.05) is 10.4 Å². The summed E-state index contributed by atoms with van der Waals surface area (Å²) < 4.78 is 1.61. The molecule has 4 rings (SSSR count). The van der Waals surface area contributed by atoms with Crippen molar-refractivity contribution in [2.45, 2.75) is 12.8 Å². The zero-order chi connectivity index (χ0) is 13.5. The van der Waals surface area contributed by atoms with Crippen molar-refractivity contribution in [2.75, 3.05) is 0 Å². The van der Waals surface area contributed by atoms with Gasteiger partial charge in [0.15, 0.2) is 0 Å². The molecule has 20 heavy (non-hydrogen) atoms. The Morgan fingerprint density at radius 2 is 2.15 bits per heavy atom. The maximum atomic E-state index is 6.09. The summed E-state index contributed by atoms with van der Waals surface area (Å²) >= 11 is 6.09. The van der Waals surface area contributed by atoms with Crippen molar-refractivity contribution in [1.82, 2.24) is 25.0 Å². The van der Waals surface area contributed by atoms with Crippen LogP contribution in [0.3, 0.4) is 0 Å². The largest absolute Gasteiger partial charge is 0.274 e. The fourth-order valence-electron chi connectivity index (χ4n) is 2.46. The van der Waals surface area contributed by atoms with Crippen LogP contribution in [0.1, 0.15) is 18.5 Å². The van der Waals surface area contributed by atoms with Crippen LogP contribution < -0.4 is 0 Å². The number of tetrazole rings is 1. The first-order chi connectivity index (χ1) is 9.83. The van der Waals surface area contributed by atoms with Crippen LogP contribution in [0.25, 0.3) is 22.3 Å². The second-order valence-electron chi connectivity index (χ2n) is 4.65. The van der Waals surface area contributed by atoms with Crippen molar-refractivity contribution in [3.63, 3.8) is 0 Å². The molecule has 98 valence electrons. The van der Waals surface area contributed by atoms with E-state index in [0.717, 1.165) is 35.0 Å². The Labute approximate surface area is 119 Å². The van der Waals surface area contributed by atoms with Crippen LogP contribution in [0.2, 0.25) is 5.02 Å². The molecule has 1 aromatic carbocycles. The van der Waals surface area contributed by atoms with Crippen molar-refractivity contribution < 1.29 is 0 Å². The summed E-state index contributed by atoms with van der Waals surface area (Å²) in [5.74, 6) is 0.481. The smallest absolute Gasteiger partial charge is 0.209 e. The summed E-state index contributed by atoms with van der Waals surface area (Å²) in [6.45, 7) is 0. The lowest BCUT2D eigenvalue weighted by atomic mass is 10.0. The molecular formula is C14H10ClN5. The van der Waals surface area contributed by atoms with Gasteiger partial charge in [0.1, 0.15) is 0 Å². The van der Waals surface area contributed by atoms with Gasteiger partial charge in [-0.25, -0.2) is 4.98 Å². The summed E-state index contributed by atoms with van der Waals surface area (Å²) in [7, 11) is 0. The predicted molar refractivity (Wildman–Crippen MR) is 77.4 cm³/mol. The molecule has 0 aliphatic heterocycles. The summed E-state index contributed by atoms with van der Waals surface area (Å²) in [5, 5.41) is 13.3. The third kappa shape index (κ3) is 1.71. The highest BCUT2D eigenvalue weighted by Gasteiger charge is 2.13. The lowest BCUT2D eigenvalue weighted by Gasteiger charge is -2.10. The lowest BCUT2D eigenvalue weighted by Crippen LogP contribution is -2.00. The minimum Gasteiger partial charge on any atom is -0.209 e. The summed E-state index contributed by atoms with van der Waals surface area (Å²) in [4.78, 5) is 4.58. The molecule has 2 heterocycles. The van der Waals surface area contributed by atoms with Gasteiger partial charge in [0.2, 0.25) is 0 Å². The molecule has 6 heteroatoms. The molecule has 0 unspecified atom stereocenters. The van der Waals surface area contributed by atoms with Gasteiger partial charge in [-0.2, -0.15) is 4.52 Å². The number of hydrogen-bond donors (Lipinski definition) is 0. The Balaban J connectivity index is 2.12. The Kier molecular flexibility index (Phi) is 2.53. The minimum absolute atomic E-state index is 0.481. The second kappa shape index (κ2) is 4.38. The van der Waals surface area contributed by atoms with Gasteiger partial charge < -0.3 is 0 Å². The average molecular weight is 284 g/mol. The predicted octanol–water partition coefficient (Wildman–Crippen LogP) is 3.06. The number of aromatic nitrogens is 5. The molecule has 0 saturated carbocycles. The normalized spacial score (nSPS) is 14.9. The first-order valence-electron chi connectivity index (χ1n) is 6.37. The highest BCUT2D eigenvalue weighted by atomic mass is 35.5. The molecule has 1 aliphatic carbocycles. The van der Waals surface area contributed by atoms with Gasteiger partial charge in [0.25, 0.3) is 5.78 Å². The summed E-state index contributed by atoms with van der Waals surface area (Å²) in [6.07, 6.45) is 8.54. The molecule has 0 radical (unpaired) electrons. The van der Waals surface area contributed by atoms with E-state index in [1.54, 1.807) is 4.52 Å². The second-order valence-corrected chi connectivity index (χ2v) is 5.09. The Morgan fingerprint density at radius 1 is 1.20 bits per heavy atom. The number of allylic oxidation sites excluding steroid dienone is 4.